The van der Waals surface area contributed by atoms with E-state index < -0.39 is 0 Å². The van der Waals surface area contributed by atoms with E-state index in [2.05, 4.69) is 5.32 Å². The number of amides is 1. The summed E-state index contributed by atoms with van der Waals surface area (Å²) in [5, 5.41) is 2.65. The molecule has 0 aromatic heterocycles. The molecule has 18 heavy (non-hydrogen) atoms. The molecule has 1 atom stereocenters. The molecule has 0 aliphatic heterocycles. The van der Waals surface area contributed by atoms with Crippen molar-refractivity contribution in [1.29, 1.82) is 0 Å². The molecule has 0 rings (SSSR count). The minimum atomic E-state index is -0.0911. The summed E-state index contributed by atoms with van der Waals surface area (Å²) in [6.45, 7) is 12.5. The van der Waals surface area contributed by atoms with Gasteiger partial charge in [0.25, 0.3) is 0 Å². The normalized spacial score (nSPS) is 11.3. The monoisotopic (exact) mass is 259 g/mol. The molecule has 1 N–H and O–H groups in total. The summed E-state index contributed by atoms with van der Waals surface area (Å²) < 4.78 is 11.9. The molecule has 2 nitrogen and oxygen atoms in total. The second kappa shape index (κ2) is 21.2. The zero-order valence-electron chi connectivity index (χ0n) is 12.8. The Morgan fingerprint density at radius 2 is 1.78 bits per heavy atom. The number of likely N-dealkylation sites (N-methyl/N-ethyl adjacent to an activating group) is 1. The van der Waals surface area contributed by atoms with Gasteiger partial charge in [0, 0.05) is 6.54 Å². The molecule has 0 heterocycles. The molecule has 1 unspecified atom stereocenters. The minimum absolute atomic E-state index is 0.0911. The highest BCUT2D eigenvalue weighted by molar-refractivity contribution is 5.87. The number of hydrogen-bond donors (Lipinski definition) is 1. The summed E-state index contributed by atoms with van der Waals surface area (Å²) in [5.74, 6) is 0.0947. The van der Waals surface area contributed by atoms with Crippen LogP contribution in [-0.4, -0.2) is 12.5 Å². The first-order valence-electron chi connectivity index (χ1n) is 6.95. The van der Waals surface area contributed by atoms with E-state index in [1.165, 1.54) is 12.2 Å². The Kier molecular flexibility index (Phi) is 26.0. The van der Waals surface area contributed by atoms with Gasteiger partial charge in [0.05, 0.1) is 6.33 Å². The van der Waals surface area contributed by atoms with Crippen LogP contribution in [0.25, 0.3) is 0 Å². The van der Waals surface area contributed by atoms with Crippen molar-refractivity contribution in [3.8, 4) is 0 Å². The van der Waals surface area contributed by atoms with Crippen molar-refractivity contribution < 1.29 is 9.18 Å². The average molecular weight is 259 g/mol. The summed E-state index contributed by atoms with van der Waals surface area (Å²) in [7, 11) is 0. The summed E-state index contributed by atoms with van der Waals surface area (Å²) in [4.78, 5) is 11.0. The molecule has 0 saturated heterocycles. The van der Waals surface area contributed by atoms with E-state index in [-0.39, 0.29) is 11.8 Å². The topological polar surface area (TPSA) is 29.1 Å². The third-order valence-electron chi connectivity index (χ3n) is 1.93. The smallest absolute Gasteiger partial charge is 0.243 e. The molecule has 0 aliphatic rings. The first-order chi connectivity index (χ1) is 8.74. The predicted octanol–water partition coefficient (Wildman–Crippen LogP) is 4.63. The molecular formula is C15H30FNO. The van der Waals surface area contributed by atoms with Crippen molar-refractivity contribution in [1.82, 2.24) is 5.32 Å². The quantitative estimate of drug-likeness (QED) is 0.692. The fourth-order valence-corrected chi connectivity index (χ4v) is 1.07. The van der Waals surface area contributed by atoms with Gasteiger partial charge >= 0.3 is 0 Å². The predicted molar refractivity (Wildman–Crippen MR) is 79.2 cm³/mol. The van der Waals surface area contributed by atoms with Gasteiger partial charge < -0.3 is 5.32 Å². The number of allylic oxidation sites excluding steroid dienone is 2. The Labute approximate surface area is 112 Å². The van der Waals surface area contributed by atoms with E-state index in [0.717, 1.165) is 6.42 Å². The van der Waals surface area contributed by atoms with Crippen LogP contribution in [0.5, 0.6) is 0 Å². The number of nitrogens with one attached hydrogen (secondary N) is 1. The SMILES string of the molecule is CC.CC.CCNC(=O)/C=C/CC(/C=C/F)CC. The molecule has 0 aromatic rings. The van der Waals surface area contributed by atoms with Gasteiger partial charge in [-0.3, -0.25) is 4.79 Å². The number of hydrogen-bond acceptors (Lipinski definition) is 1. The maximum atomic E-state index is 11.9. The van der Waals surface area contributed by atoms with Gasteiger partial charge in [0.1, 0.15) is 0 Å². The zero-order valence-corrected chi connectivity index (χ0v) is 12.8. The largest absolute Gasteiger partial charge is 0.353 e. The Hall–Kier alpha value is -1.12. The lowest BCUT2D eigenvalue weighted by molar-refractivity contribution is -0.116. The van der Waals surface area contributed by atoms with E-state index in [1.807, 2.05) is 41.5 Å². The van der Waals surface area contributed by atoms with Crippen LogP contribution in [-0.2, 0) is 4.79 Å². The van der Waals surface area contributed by atoms with Crippen LogP contribution in [0.1, 0.15) is 54.4 Å². The van der Waals surface area contributed by atoms with Gasteiger partial charge in [-0.2, -0.15) is 0 Å². The summed E-state index contributed by atoms with van der Waals surface area (Å²) in [6, 6.07) is 0. The number of halogens is 1. The van der Waals surface area contributed by atoms with Crippen molar-refractivity contribution in [2.24, 2.45) is 5.92 Å². The average Bonchev–Trinajstić information content (AvgIpc) is 2.42. The molecule has 3 heteroatoms. The van der Waals surface area contributed by atoms with Gasteiger partial charge in [0.2, 0.25) is 5.91 Å². The Bertz CT molecular complexity index is 213. The standard InChI is InChI=1S/C11H18FNO.2C2H6/c1-3-10(8-9-12)6-5-7-11(14)13-4-2;2*1-2/h5,7-10H,3-4,6H2,1-2H3,(H,13,14);2*1-2H3/b7-5+,9-8+;;. The van der Waals surface area contributed by atoms with Gasteiger partial charge in [-0.25, -0.2) is 4.39 Å². The molecule has 0 aliphatic carbocycles. The molecule has 0 bridgehead atoms. The Morgan fingerprint density at radius 3 is 2.17 bits per heavy atom. The second-order valence-electron chi connectivity index (χ2n) is 3.02. The molecule has 1 amide bonds. The van der Waals surface area contributed by atoms with Crippen molar-refractivity contribution in [2.45, 2.75) is 54.4 Å². The van der Waals surface area contributed by atoms with Crippen LogP contribution in [0, 0.1) is 5.92 Å². The Morgan fingerprint density at radius 1 is 1.22 bits per heavy atom. The lowest BCUT2D eigenvalue weighted by Crippen LogP contribution is -2.19. The van der Waals surface area contributed by atoms with Crippen LogP contribution < -0.4 is 5.32 Å². The molecular weight excluding hydrogens is 229 g/mol. The maximum absolute atomic E-state index is 11.9. The van der Waals surface area contributed by atoms with E-state index in [1.54, 1.807) is 6.08 Å². The van der Waals surface area contributed by atoms with Crippen molar-refractivity contribution in [3.63, 3.8) is 0 Å². The van der Waals surface area contributed by atoms with E-state index in [4.69, 9.17) is 0 Å². The third-order valence-corrected chi connectivity index (χ3v) is 1.93. The summed E-state index contributed by atoms with van der Waals surface area (Å²) in [6.07, 6.45) is 6.93. The lowest BCUT2D eigenvalue weighted by Gasteiger charge is -2.04. The molecule has 0 spiro atoms. The molecule has 0 radical (unpaired) electrons. The van der Waals surface area contributed by atoms with Gasteiger partial charge in [-0.1, -0.05) is 46.8 Å². The van der Waals surface area contributed by atoms with Crippen molar-refractivity contribution in [3.05, 3.63) is 24.6 Å². The van der Waals surface area contributed by atoms with E-state index in [0.29, 0.717) is 19.3 Å². The van der Waals surface area contributed by atoms with Gasteiger partial charge in [0.15, 0.2) is 0 Å². The van der Waals surface area contributed by atoms with Crippen LogP contribution in [0.15, 0.2) is 24.6 Å². The zero-order chi connectivity index (χ0) is 14.8. The minimum Gasteiger partial charge on any atom is -0.353 e. The van der Waals surface area contributed by atoms with Gasteiger partial charge in [-0.15, -0.1) is 0 Å². The first kappa shape index (κ1) is 22.1. The highest BCUT2D eigenvalue weighted by atomic mass is 19.1. The third kappa shape index (κ3) is 17.3. The number of rotatable bonds is 6. The van der Waals surface area contributed by atoms with E-state index >= 15 is 0 Å². The molecule has 108 valence electrons. The number of carbonyl (C=O) groups excluding carboxylic acids is 1. The number of carbonyl (C=O) groups is 1. The van der Waals surface area contributed by atoms with E-state index in [9.17, 15) is 9.18 Å². The van der Waals surface area contributed by atoms with Crippen LogP contribution in [0.3, 0.4) is 0 Å². The highest BCUT2D eigenvalue weighted by Gasteiger charge is 1.98. The van der Waals surface area contributed by atoms with Crippen LogP contribution >= 0.6 is 0 Å². The van der Waals surface area contributed by atoms with Crippen LogP contribution in [0.4, 0.5) is 4.39 Å². The first-order valence-corrected chi connectivity index (χ1v) is 6.95. The maximum Gasteiger partial charge on any atom is 0.243 e. The van der Waals surface area contributed by atoms with Gasteiger partial charge in [-0.05, 0) is 31.8 Å². The lowest BCUT2D eigenvalue weighted by atomic mass is 10.0. The second-order valence-corrected chi connectivity index (χ2v) is 3.02. The summed E-state index contributed by atoms with van der Waals surface area (Å²) in [5.41, 5.74) is 0. The fraction of sp³-hybridized carbons (Fsp3) is 0.667. The Balaban J connectivity index is -0.000000506. The highest BCUT2D eigenvalue weighted by Crippen LogP contribution is 2.10. The molecule has 0 fully saturated rings. The van der Waals surface area contributed by atoms with Crippen molar-refractivity contribution >= 4 is 5.91 Å². The van der Waals surface area contributed by atoms with Crippen molar-refractivity contribution in [2.75, 3.05) is 6.54 Å². The van der Waals surface area contributed by atoms with Crippen LogP contribution in [0.2, 0.25) is 0 Å². The molecule has 0 aromatic carbocycles. The fourth-order valence-electron chi connectivity index (χ4n) is 1.07. The molecule has 0 saturated carbocycles. The summed E-state index contributed by atoms with van der Waals surface area (Å²) >= 11 is 0.